The van der Waals surface area contributed by atoms with Crippen LogP contribution in [-0.2, 0) is 4.79 Å². The molecule has 2 bridgehead atoms. The Morgan fingerprint density at radius 3 is 2.48 bits per heavy atom. The first kappa shape index (κ1) is 20.9. The number of H-pyrrole nitrogens is 1. The molecule has 33 heavy (non-hydrogen) atoms. The maximum absolute atomic E-state index is 12.1. The van der Waals surface area contributed by atoms with Gasteiger partial charge in [-0.05, 0) is 18.3 Å². The van der Waals surface area contributed by atoms with Crippen LogP contribution in [0.4, 0.5) is 17.5 Å². The summed E-state index contributed by atoms with van der Waals surface area (Å²) in [7, 11) is 4.65. The van der Waals surface area contributed by atoms with E-state index in [0.29, 0.717) is 45.9 Å². The van der Waals surface area contributed by atoms with Crippen LogP contribution < -0.4 is 30.6 Å². The summed E-state index contributed by atoms with van der Waals surface area (Å²) in [6.07, 6.45) is 6.68. The second-order valence-corrected chi connectivity index (χ2v) is 8.08. The highest BCUT2D eigenvalue weighted by Crippen LogP contribution is 2.45. The largest absolute Gasteiger partial charge is 0.493 e. The minimum absolute atomic E-state index is 0.151. The number of nitrogens with one attached hydrogen (secondary N) is 3. The number of hydrogen-bond acceptors (Lipinski definition) is 9. The van der Waals surface area contributed by atoms with Crippen LogP contribution in [0, 0.1) is 17.8 Å². The van der Waals surface area contributed by atoms with Crippen LogP contribution in [0.2, 0.25) is 0 Å². The third-order valence-corrected chi connectivity index (χ3v) is 6.29. The van der Waals surface area contributed by atoms with Crippen LogP contribution in [0.3, 0.4) is 0 Å². The number of hydrogen-bond donors (Lipinski definition) is 4. The van der Waals surface area contributed by atoms with E-state index in [4.69, 9.17) is 19.9 Å². The molecule has 2 aliphatic carbocycles. The topological polar surface area (TPSA) is 149 Å². The maximum Gasteiger partial charge on any atom is 0.231 e. The summed E-state index contributed by atoms with van der Waals surface area (Å²) in [5, 5.41) is 6.62. The number of carbonyl (C=O) groups is 1. The number of fused-ring (bicyclic) bond motifs is 3. The van der Waals surface area contributed by atoms with Crippen molar-refractivity contribution in [1.29, 1.82) is 0 Å². The van der Waals surface area contributed by atoms with E-state index in [9.17, 15) is 4.79 Å². The smallest absolute Gasteiger partial charge is 0.231 e. The predicted molar refractivity (Wildman–Crippen MR) is 122 cm³/mol. The molecule has 0 saturated heterocycles. The Labute approximate surface area is 189 Å². The molecule has 2 heterocycles. The summed E-state index contributed by atoms with van der Waals surface area (Å²) in [5.74, 6) is 2.09. The van der Waals surface area contributed by atoms with Gasteiger partial charge in [0.25, 0.3) is 0 Å². The molecule has 3 aromatic rings. The predicted octanol–water partition coefficient (Wildman–Crippen LogP) is 2.21. The first-order chi connectivity index (χ1) is 16.0. The highest BCUT2D eigenvalue weighted by atomic mass is 16.5. The molecule has 5 N–H and O–H groups in total. The quantitative estimate of drug-likeness (QED) is 0.378. The van der Waals surface area contributed by atoms with Crippen molar-refractivity contribution in [3.63, 3.8) is 0 Å². The monoisotopic (exact) mass is 451 g/mol. The lowest BCUT2D eigenvalue weighted by Gasteiger charge is -2.27. The summed E-state index contributed by atoms with van der Waals surface area (Å²) in [5.41, 5.74) is 7.50. The van der Waals surface area contributed by atoms with E-state index in [0.717, 1.165) is 6.42 Å². The lowest BCUT2D eigenvalue weighted by Crippen LogP contribution is -2.41. The SMILES string of the molecule is COc1cc(Nc2nc(NC3C4C=CC(C4)C3C(N)=O)c3nc[nH]c3n2)cc(OC)c1OC. The maximum atomic E-state index is 12.1. The van der Waals surface area contributed by atoms with Crippen molar-refractivity contribution >= 4 is 34.5 Å². The molecule has 4 atom stereocenters. The molecule has 0 radical (unpaired) electrons. The molecule has 4 unspecified atom stereocenters. The number of ether oxygens (including phenoxy) is 3. The number of imidazole rings is 1. The van der Waals surface area contributed by atoms with Crippen molar-refractivity contribution in [2.75, 3.05) is 32.0 Å². The number of anilines is 3. The molecule has 1 amide bonds. The van der Waals surface area contributed by atoms with Crippen molar-refractivity contribution in [3.8, 4) is 17.2 Å². The summed E-state index contributed by atoms with van der Waals surface area (Å²) >= 11 is 0. The molecule has 1 saturated carbocycles. The van der Waals surface area contributed by atoms with E-state index < -0.39 is 0 Å². The van der Waals surface area contributed by atoms with Crippen molar-refractivity contribution in [1.82, 2.24) is 19.9 Å². The lowest BCUT2D eigenvalue weighted by molar-refractivity contribution is -0.122. The second-order valence-electron chi connectivity index (χ2n) is 8.08. The van der Waals surface area contributed by atoms with Gasteiger partial charge in [-0.2, -0.15) is 9.97 Å². The molecule has 0 aliphatic heterocycles. The molecule has 5 rings (SSSR count). The molecular weight excluding hydrogens is 426 g/mol. The average molecular weight is 451 g/mol. The molecule has 11 nitrogen and oxygen atoms in total. The van der Waals surface area contributed by atoms with E-state index in [2.05, 4.69) is 42.7 Å². The Bertz CT molecular complexity index is 1220. The standard InChI is InChI=1S/C22H25N7O4/c1-31-13-7-12(8-14(32-2)18(13)33-3)26-22-28-20-17(24-9-25-20)21(29-22)27-16-11-5-4-10(6-11)15(16)19(23)30/h4-5,7-11,15-16H,6H2,1-3H3,(H2,23,30)(H3,24,25,26,27,28,29). The number of allylic oxidation sites excluding steroid dienone is 1. The summed E-state index contributed by atoms with van der Waals surface area (Å²) < 4.78 is 16.2. The Kier molecular flexibility index (Phi) is 5.15. The van der Waals surface area contributed by atoms with Gasteiger partial charge in [0.1, 0.15) is 5.52 Å². The van der Waals surface area contributed by atoms with Gasteiger partial charge in [-0.25, -0.2) is 4.98 Å². The summed E-state index contributed by atoms with van der Waals surface area (Å²) in [6.45, 7) is 0. The molecule has 0 spiro atoms. The molecule has 11 heteroatoms. The van der Waals surface area contributed by atoms with Gasteiger partial charge >= 0.3 is 0 Å². The van der Waals surface area contributed by atoms with E-state index >= 15 is 0 Å². The lowest BCUT2D eigenvalue weighted by atomic mass is 9.88. The first-order valence-electron chi connectivity index (χ1n) is 10.5. The molecule has 1 aromatic carbocycles. The number of carbonyl (C=O) groups excluding carboxylic acids is 1. The van der Waals surface area contributed by atoms with E-state index in [1.807, 2.05) is 0 Å². The highest BCUT2D eigenvalue weighted by molar-refractivity contribution is 5.86. The van der Waals surface area contributed by atoms with Gasteiger partial charge in [0, 0.05) is 23.9 Å². The number of rotatable bonds is 8. The van der Waals surface area contributed by atoms with Crippen molar-refractivity contribution in [2.45, 2.75) is 12.5 Å². The zero-order valence-corrected chi connectivity index (χ0v) is 18.5. The Hall–Kier alpha value is -4.02. The van der Waals surface area contributed by atoms with Crippen LogP contribution >= 0.6 is 0 Å². The van der Waals surface area contributed by atoms with Gasteiger partial charge in [0.15, 0.2) is 23.0 Å². The number of nitrogens with two attached hydrogens (primary N) is 1. The van der Waals surface area contributed by atoms with Gasteiger partial charge in [0.2, 0.25) is 17.6 Å². The number of amides is 1. The van der Waals surface area contributed by atoms with Crippen LogP contribution in [0.15, 0.2) is 30.6 Å². The molecule has 2 aromatic heterocycles. The van der Waals surface area contributed by atoms with Crippen LogP contribution in [0.25, 0.3) is 11.2 Å². The number of aromatic amines is 1. The van der Waals surface area contributed by atoms with Gasteiger partial charge < -0.3 is 35.6 Å². The number of benzene rings is 1. The van der Waals surface area contributed by atoms with Gasteiger partial charge in [-0.15, -0.1) is 0 Å². The van der Waals surface area contributed by atoms with Crippen LogP contribution in [-0.4, -0.2) is 53.2 Å². The zero-order chi connectivity index (χ0) is 23.1. The van der Waals surface area contributed by atoms with Crippen molar-refractivity contribution < 1.29 is 19.0 Å². The minimum Gasteiger partial charge on any atom is -0.493 e. The fourth-order valence-corrected chi connectivity index (χ4v) is 4.84. The van der Waals surface area contributed by atoms with Gasteiger partial charge in [-0.3, -0.25) is 4.79 Å². The Morgan fingerprint density at radius 1 is 1.09 bits per heavy atom. The highest BCUT2D eigenvalue weighted by Gasteiger charge is 2.47. The molecule has 1 fully saturated rings. The number of nitrogens with zero attached hydrogens (tertiary/aromatic N) is 3. The fraction of sp³-hybridized carbons (Fsp3) is 0.364. The normalized spacial score (nSPS) is 23.0. The van der Waals surface area contributed by atoms with Crippen LogP contribution in [0.1, 0.15) is 6.42 Å². The van der Waals surface area contributed by atoms with E-state index in [1.165, 1.54) is 0 Å². The third-order valence-electron chi connectivity index (χ3n) is 6.29. The van der Waals surface area contributed by atoms with Crippen LogP contribution in [0.5, 0.6) is 17.2 Å². The molecule has 2 aliphatic rings. The van der Waals surface area contributed by atoms with Gasteiger partial charge in [0.05, 0.1) is 33.6 Å². The number of primary amides is 1. The van der Waals surface area contributed by atoms with E-state index in [1.54, 1.807) is 39.8 Å². The number of methoxy groups -OCH3 is 3. The van der Waals surface area contributed by atoms with Gasteiger partial charge in [-0.1, -0.05) is 12.2 Å². The van der Waals surface area contributed by atoms with Crippen molar-refractivity contribution in [3.05, 3.63) is 30.6 Å². The Balaban J connectivity index is 1.49. The third kappa shape index (κ3) is 3.55. The average Bonchev–Trinajstić information content (AvgIpc) is 3.54. The summed E-state index contributed by atoms with van der Waals surface area (Å²) in [4.78, 5) is 28.7. The zero-order valence-electron chi connectivity index (χ0n) is 18.5. The summed E-state index contributed by atoms with van der Waals surface area (Å²) in [6, 6.07) is 3.37. The minimum atomic E-state index is -0.313. The Morgan fingerprint density at radius 2 is 1.82 bits per heavy atom. The first-order valence-corrected chi connectivity index (χ1v) is 10.5. The van der Waals surface area contributed by atoms with Crippen molar-refractivity contribution in [2.24, 2.45) is 23.5 Å². The molecule has 172 valence electrons. The van der Waals surface area contributed by atoms with E-state index in [-0.39, 0.29) is 29.7 Å². The molecular formula is C22H25N7O4. The second kappa shape index (κ2) is 8.15. The fourth-order valence-electron chi connectivity index (χ4n) is 4.84. The number of aromatic nitrogens is 4.